The summed E-state index contributed by atoms with van der Waals surface area (Å²) >= 11 is 0. The Morgan fingerprint density at radius 1 is 0.962 bits per heavy atom. The van der Waals surface area contributed by atoms with E-state index < -0.39 is 10.0 Å². The van der Waals surface area contributed by atoms with Gasteiger partial charge in [-0.05, 0) is 43.7 Å². The highest BCUT2D eigenvalue weighted by Crippen LogP contribution is 2.25. The van der Waals surface area contributed by atoms with E-state index in [9.17, 15) is 13.2 Å². The third-order valence-electron chi connectivity index (χ3n) is 5.75. The third kappa shape index (κ3) is 4.86. The highest BCUT2D eigenvalue weighted by Gasteiger charge is 2.29. The normalized spacial score (nSPS) is 21.2. The van der Waals surface area contributed by atoms with Crippen molar-refractivity contribution in [1.82, 2.24) is 9.62 Å². The molecule has 5 nitrogen and oxygen atoms in total. The first-order valence-electron chi connectivity index (χ1n) is 9.90. The summed E-state index contributed by atoms with van der Waals surface area (Å²) in [4.78, 5) is 12.7. The van der Waals surface area contributed by atoms with Gasteiger partial charge in [0.2, 0.25) is 15.9 Å². The highest BCUT2D eigenvalue weighted by atomic mass is 32.2. The molecule has 1 aliphatic heterocycles. The number of nitrogens with zero attached hydrogens (tertiary/aromatic N) is 1. The molecular weight excluding hydrogens is 348 g/mol. The summed E-state index contributed by atoms with van der Waals surface area (Å²) in [6, 6.07) is 8.62. The van der Waals surface area contributed by atoms with E-state index in [1.807, 2.05) is 6.07 Å². The van der Waals surface area contributed by atoms with Crippen molar-refractivity contribution in [2.75, 3.05) is 19.6 Å². The van der Waals surface area contributed by atoms with E-state index >= 15 is 0 Å². The van der Waals surface area contributed by atoms with Gasteiger partial charge in [-0.15, -0.1) is 0 Å². The van der Waals surface area contributed by atoms with Crippen molar-refractivity contribution < 1.29 is 13.2 Å². The number of amides is 1. The third-order valence-corrected chi connectivity index (χ3v) is 7.66. The molecule has 2 aliphatic rings. The van der Waals surface area contributed by atoms with E-state index in [2.05, 4.69) is 5.32 Å². The molecule has 1 N–H and O–H groups in total. The summed E-state index contributed by atoms with van der Waals surface area (Å²) < 4.78 is 26.9. The number of hydrogen-bond acceptors (Lipinski definition) is 3. The van der Waals surface area contributed by atoms with Crippen molar-refractivity contribution >= 4 is 15.9 Å². The Labute approximate surface area is 157 Å². The lowest BCUT2D eigenvalue weighted by molar-refractivity contribution is -0.125. The van der Waals surface area contributed by atoms with Crippen LogP contribution in [0.25, 0.3) is 0 Å². The SMILES string of the molecule is O=C(NCC1CCN(S(=O)(=O)c2ccccc2)CC1)C1CCCCCC1. The van der Waals surface area contributed by atoms with E-state index in [4.69, 9.17) is 0 Å². The fourth-order valence-corrected chi connectivity index (χ4v) is 5.52. The minimum Gasteiger partial charge on any atom is -0.356 e. The second-order valence-electron chi connectivity index (χ2n) is 7.59. The quantitative estimate of drug-likeness (QED) is 0.800. The fraction of sp³-hybridized carbons (Fsp3) is 0.650. The standard InChI is InChI=1S/C20H30N2O3S/c23-20(18-8-4-1-2-5-9-18)21-16-17-12-14-22(15-13-17)26(24,25)19-10-6-3-7-11-19/h3,6-7,10-11,17-18H,1-2,4-5,8-9,12-16H2,(H,21,23). The Morgan fingerprint density at radius 3 is 2.19 bits per heavy atom. The van der Waals surface area contributed by atoms with Crippen LogP contribution in [-0.2, 0) is 14.8 Å². The number of hydrogen-bond donors (Lipinski definition) is 1. The first kappa shape index (κ1) is 19.4. The van der Waals surface area contributed by atoms with Crippen LogP contribution in [0.15, 0.2) is 35.2 Å². The number of nitrogens with one attached hydrogen (secondary N) is 1. The minimum atomic E-state index is -3.39. The minimum absolute atomic E-state index is 0.177. The molecule has 1 aromatic carbocycles. The van der Waals surface area contributed by atoms with Crippen LogP contribution in [-0.4, -0.2) is 38.3 Å². The van der Waals surface area contributed by atoms with Gasteiger partial charge in [0, 0.05) is 25.6 Å². The van der Waals surface area contributed by atoms with Gasteiger partial charge < -0.3 is 5.32 Å². The number of benzene rings is 1. The van der Waals surface area contributed by atoms with Crippen LogP contribution in [0.2, 0.25) is 0 Å². The Hall–Kier alpha value is -1.40. The summed E-state index contributed by atoms with van der Waals surface area (Å²) in [6.45, 7) is 1.73. The van der Waals surface area contributed by atoms with E-state index in [1.165, 1.54) is 12.8 Å². The molecule has 0 spiro atoms. The van der Waals surface area contributed by atoms with Gasteiger partial charge in [-0.25, -0.2) is 8.42 Å². The van der Waals surface area contributed by atoms with E-state index in [0.717, 1.165) is 38.5 Å². The summed E-state index contributed by atoms with van der Waals surface area (Å²) in [5.74, 6) is 0.745. The molecule has 0 aromatic heterocycles. The first-order valence-corrected chi connectivity index (χ1v) is 11.3. The molecule has 1 saturated carbocycles. The van der Waals surface area contributed by atoms with Crippen LogP contribution in [0.5, 0.6) is 0 Å². The number of piperidine rings is 1. The predicted octanol–water partition coefficient (Wildman–Crippen LogP) is 3.17. The first-order chi connectivity index (χ1) is 12.6. The average Bonchev–Trinajstić information content (AvgIpc) is 2.97. The van der Waals surface area contributed by atoms with Gasteiger partial charge in [0.15, 0.2) is 0 Å². The lowest BCUT2D eigenvalue weighted by Gasteiger charge is -2.31. The van der Waals surface area contributed by atoms with E-state index in [1.54, 1.807) is 28.6 Å². The fourth-order valence-electron chi connectivity index (χ4n) is 4.03. The summed E-state index contributed by atoms with van der Waals surface area (Å²) in [5, 5.41) is 3.13. The molecule has 1 saturated heterocycles. The average molecular weight is 379 g/mol. The predicted molar refractivity (Wildman–Crippen MR) is 102 cm³/mol. The van der Waals surface area contributed by atoms with Gasteiger partial charge in [0.05, 0.1) is 4.90 Å². The van der Waals surface area contributed by atoms with Crippen molar-refractivity contribution in [3.05, 3.63) is 30.3 Å². The molecule has 144 valence electrons. The van der Waals surface area contributed by atoms with Crippen molar-refractivity contribution in [3.8, 4) is 0 Å². The Bertz CT molecular complexity index is 674. The largest absolute Gasteiger partial charge is 0.356 e. The topological polar surface area (TPSA) is 66.5 Å². The second kappa shape index (κ2) is 9.00. The maximum Gasteiger partial charge on any atom is 0.243 e. The second-order valence-corrected chi connectivity index (χ2v) is 9.53. The van der Waals surface area contributed by atoms with Gasteiger partial charge in [-0.3, -0.25) is 4.79 Å². The molecule has 1 aliphatic carbocycles. The molecule has 1 amide bonds. The van der Waals surface area contributed by atoms with Gasteiger partial charge in [-0.2, -0.15) is 4.31 Å². The van der Waals surface area contributed by atoms with Crippen LogP contribution < -0.4 is 5.32 Å². The monoisotopic (exact) mass is 378 g/mol. The summed E-state index contributed by atoms with van der Waals surface area (Å²) in [7, 11) is -3.39. The van der Waals surface area contributed by atoms with Crippen LogP contribution in [0.4, 0.5) is 0 Å². The van der Waals surface area contributed by atoms with Gasteiger partial charge in [-0.1, -0.05) is 43.9 Å². The van der Waals surface area contributed by atoms with Crippen molar-refractivity contribution in [3.63, 3.8) is 0 Å². The summed E-state index contributed by atoms with van der Waals surface area (Å²) in [6.07, 6.45) is 8.45. The molecular formula is C20H30N2O3S. The molecule has 3 rings (SSSR count). The van der Waals surface area contributed by atoms with Crippen molar-refractivity contribution in [1.29, 1.82) is 0 Å². The highest BCUT2D eigenvalue weighted by molar-refractivity contribution is 7.89. The van der Waals surface area contributed by atoms with Crippen molar-refractivity contribution in [2.24, 2.45) is 11.8 Å². The van der Waals surface area contributed by atoms with Gasteiger partial charge in [0.1, 0.15) is 0 Å². The van der Waals surface area contributed by atoms with Crippen LogP contribution >= 0.6 is 0 Å². The molecule has 0 atom stereocenters. The zero-order valence-corrected chi connectivity index (χ0v) is 16.2. The zero-order chi connectivity index (χ0) is 18.4. The van der Waals surface area contributed by atoms with E-state index in [-0.39, 0.29) is 11.8 Å². The van der Waals surface area contributed by atoms with Crippen LogP contribution in [0.1, 0.15) is 51.4 Å². The molecule has 0 radical (unpaired) electrons. The molecule has 26 heavy (non-hydrogen) atoms. The molecule has 1 heterocycles. The van der Waals surface area contributed by atoms with Crippen LogP contribution in [0.3, 0.4) is 0 Å². The Kier molecular flexibility index (Phi) is 6.70. The number of rotatable bonds is 5. The van der Waals surface area contributed by atoms with Gasteiger partial charge in [0.25, 0.3) is 0 Å². The molecule has 1 aromatic rings. The maximum atomic E-state index is 12.7. The molecule has 0 unspecified atom stereocenters. The number of carbonyl (C=O) groups excluding carboxylic acids is 1. The zero-order valence-electron chi connectivity index (χ0n) is 15.4. The lowest BCUT2D eigenvalue weighted by atomic mass is 9.96. The molecule has 2 fully saturated rings. The maximum absolute atomic E-state index is 12.7. The molecule has 0 bridgehead atoms. The smallest absolute Gasteiger partial charge is 0.243 e. The Morgan fingerprint density at radius 2 is 1.58 bits per heavy atom. The molecule has 6 heteroatoms. The lowest BCUT2D eigenvalue weighted by Crippen LogP contribution is -2.42. The number of carbonyl (C=O) groups is 1. The van der Waals surface area contributed by atoms with Crippen LogP contribution in [0, 0.1) is 11.8 Å². The van der Waals surface area contributed by atoms with Gasteiger partial charge >= 0.3 is 0 Å². The van der Waals surface area contributed by atoms with Crippen molar-refractivity contribution in [2.45, 2.75) is 56.3 Å². The number of sulfonamides is 1. The summed E-state index contributed by atoms with van der Waals surface area (Å²) in [5.41, 5.74) is 0. The van der Waals surface area contributed by atoms with E-state index in [0.29, 0.717) is 30.4 Å². The Balaban J connectivity index is 1.46.